The van der Waals surface area contributed by atoms with Crippen LogP contribution >= 0.6 is 23.2 Å². The molecule has 4 rings (SSSR count). The molecule has 1 aromatic heterocycles. The smallest absolute Gasteiger partial charge is 0.410 e. The summed E-state index contributed by atoms with van der Waals surface area (Å²) in [5, 5.41) is 2.92. The molecular weight excluding hydrogens is 473 g/mol. The Morgan fingerprint density at radius 3 is 2.44 bits per heavy atom. The summed E-state index contributed by atoms with van der Waals surface area (Å²) in [7, 11) is 0. The second-order valence-corrected chi connectivity index (χ2v) is 7.38. The highest BCUT2D eigenvalue weighted by Gasteiger charge is 2.34. The predicted octanol–water partition coefficient (Wildman–Crippen LogP) is 7.31. The topological polar surface area (TPSA) is 67.0 Å². The van der Waals surface area contributed by atoms with Gasteiger partial charge in [-0.1, -0.05) is 29.3 Å². The van der Waals surface area contributed by atoms with E-state index >= 15 is 0 Å². The fraction of sp³-hybridized carbons (Fsp3) is 0.0476. The maximum Gasteiger partial charge on any atom is 0.419 e. The SMILES string of the molecule is O=C(Nc1ccc(F)c(C(F)(F)F)c1)Oc1ccc2nc(-c3c(Cl)cccc3Cl)[nH]c2c1. The van der Waals surface area contributed by atoms with Gasteiger partial charge in [0.05, 0.1) is 32.2 Å². The Morgan fingerprint density at radius 1 is 1.03 bits per heavy atom. The number of nitrogens with one attached hydrogen (secondary N) is 2. The monoisotopic (exact) mass is 483 g/mol. The fourth-order valence-corrected chi connectivity index (χ4v) is 3.54. The zero-order chi connectivity index (χ0) is 23.0. The normalized spacial score (nSPS) is 11.6. The average Bonchev–Trinajstić information content (AvgIpc) is 3.11. The third-order valence-electron chi connectivity index (χ3n) is 4.38. The number of amides is 1. The Bertz CT molecular complexity index is 1320. The quantitative estimate of drug-likeness (QED) is 0.300. The van der Waals surface area contributed by atoms with Gasteiger partial charge in [-0.25, -0.2) is 14.2 Å². The molecule has 0 unspecified atom stereocenters. The number of H-pyrrole nitrogens is 1. The van der Waals surface area contributed by atoms with Gasteiger partial charge in [0.2, 0.25) is 0 Å². The van der Waals surface area contributed by atoms with Gasteiger partial charge in [-0.2, -0.15) is 13.2 Å². The van der Waals surface area contributed by atoms with Crippen molar-refractivity contribution in [2.75, 3.05) is 5.32 Å². The van der Waals surface area contributed by atoms with E-state index in [1.807, 2.05) is 0 Å². The number of imidazole rings is 1. The number of carbonyl (C=O) groups is 1. The summed E-state index contributed by atoms with van der Waals surface area (Å²) >= 11 is 12.4. The Hall–Kier alpha value is -3.30. The van der Waals surface area contributed by atoms with Crippen LogP contribution in [0, 0.1) is 5.82 Å². The zero-order valence-corrected chi connectivity index (χ0v) is 17.2. The first-order valence-corrected chi connectivity index (χ1v) is 9.67. The van der Waals surface area contributed by atoms with Gasteiger partial charge in [0, 0.05) is 11.8 Å². The van der Waals surface area contributed by atoms with Gasteiger partial charge in [0.1, 0.15) is 17.4 Å². The van der Waals surface area contributed by atoms with Crippen LogP contribution in [0.25, 0.3) is 22.4 Å². The number of aromatic amines is 1. The summed E-state index contributed by atoms with van der Waals surface area (Å²) in [6.07, 6.45) is -5.96. The summed E-state index contributed by atoms with van der Waals surface area (Å²) in [4.78, 5) is 19.6. The van der Waals surface area contributed by atoms with Crippen molar-refractivity contribution >= 4 is 46.0 Å². The van der Waals surface area contributed by atoms with Crippen molar-refractivity contribution in [2.45, 2.75) is 6.18 Å². The summed E-state index contributed by atoms with van der Waals surface area (Å²) in [6, 6.07) is 11.6. The number of carbonyl (C=O) groups excluding carboxylic acids is 1. The van der Waals surface area contributed by atoms with Crippen LogP contribution in [0.3, 0.4) is 0 Å². The van der Waals surface area contributed by atoms with Crippen LogP contribution in [-0.2, 0) is 6.18 Å². The van der Waals surface area contributed by atoms with E-state index in [-0.39, 0.29) is 11.4 Å². The van der Waals surface area contributed by atoms with Gasteiger partial charge in [0.25, 0.3) is 0 Å². The Morgan fingerprint density at radius 2 is 1.75 bits per heavy atom. The number of anilines is 1. The largest absolute Gasteiger partial charge is 0.419 e. The highest BCUT2D eigenvalue weighted by atomic mass is 35.5. The summed E-state index contributed by atoms with van der Waals surface area (Å²) in [5.41, 5.74) is -0.231. The number of rotatable bonds is 3. The zero-order valence-electron chi connectivity index (χ0n) is 15.7. The van der Waals surface area contributed by atoms with E-state index in [2.05, 4.69) is 15.3 Å². The lowest BCUT2D eigenvalue weighted by molar-refractivity contribution is -0.139. The predicted molar refractivity (Wildman–Crippen MR) is 113 cm³/mol. The minimum atomic E-state index is -4.90. The minimum absolute atomic E-state index is 0.0913. The van der Waals surface area contributed by atoms with Crippen molar-refractivity contribution in [3.8, 4) is 17.1 Å². The third-order valence-corrected chi connectivity index (χ3v) is 5.01. The number of alkyl halides is 3. The van der Waals surface area contributed by atoms with Crippen molar-refractivity contribution in [1.29, 1.82) is 0 Å². The second kappa shape index (κ2) is 8.33. The number of nitrogens with zero attached hydrogens (tertiary/aromatic N) is 1. The molecule has 0 aliphatic carbocycles. The van der Waals surface area contributed by atoms with Crippen LogP contribution in [0.1, 0.15) is 5.56 Å². The lowest BCUT2D eigenvalue weighted by atomic mass is 10.2. The number of hydrogen-bond donors (Lipinski definition) is 2. The van der Waals surface area contributed by atoms with Crippen LogP contribution in [0.15, 0.2) is 54.6 Å². The molecule has 2 N–H and O–H groups in total. The maximum absolute atomic E-state index is 13.4. The molecule has 3 aromatic carbocycles. The molecule has 0 aliphatic rings. The van der Waals surface area contributed by atoms with E-state index < -0.39 is 23.7 Å². The van der Waals surface area contributed by atoms with E-state index in [4.69, 9.17) is 27.9 Å². The Balaban J connectivity index is 1.54. The van der Waals surface area contributed by atoms with E-state index in [0.717, 1.165) is 6.07 Å². The molecule has 0 atom stereocenters. The molecule has 0 saturated heterocycles. The molecular formula is C21H11Cl2F4N3O2. The number of ether oxygens (including phenoxy) is 1. The summed E-state index contributed by atoms with van der Waals surface area (Å²) in [6.45, 7) is 0. The number of benzene rings is 3. The van der Waals surface area contributed by atoms with Crippen LogP contribution in [0.2, 0.25) is 10.0 Å². The molecule has 32 heavy (non-hydrogen) atoms. The van der Waals surface area contributed by atoms with Crippen molar-refractivity contribution in [3.05, 3.63) is 76.0 Å². The van der Waals surface area contributed by atoms with Gasteiger partial charge < -0.3 is 9.72 Å². The number of fused-ring (bicyclic) bond motifs is 1. The van der Waals surface area contributed by atoms with Gasteiger partial charge >= 0.3 is 12.3 Å². The van der Waals surface area contributed by atoms with Crippen molar-refractivity contribution in [2.24, 2.45) is 0 Å². The van der Waals surface area contributed by atoms with Crippen molar-refractivity contribution < 1.29 is 27.1 Å². The molecule has 0 fully saturated rings. The van der Waals surface area contributed by atoms with Gasteiger partial charge in [-0.15, -0.1) is 0 Å². The van der Waals surface area contributed by atoms with E-state index in [1.54, 1.807) is 24.3 Å². The molecule has 1 heterocycles. The summed E-state index contributed by atoms with van der Waals surface area (Å²) < 4.78 is 57.0. The van der Waals surface area contributed by atoms with Crippen molar-refractivity contribution in [1.82, 2.24) is 9.97 Å². The second-order valence-electron chi connectivity index (χ2n) is 6.57. The van der Waals surface area contributed by atoms with Gasteiger partial charge in [-0.05, 0) is 42.5 Å². The lowest BCUT2D eigenvalue weighted by Crippen LogP contribution is -2.17. The molecule has 0 spiro atoms. The maximum atomic E-state index is 13.4. The molecule has 0 saturated carbocycles. The molecule has 5 nitrogen and oxygen atoms in total. The number of halogens is 6. The molecule has 4 aromatic rings. The van der Waals surface area contributed by atoms with Crippen LogP contribution in [-0.4, -0.2) is 16.1 Å². The molecule has 1 amide bonds. The highest BCUT2D eigenvalue weighted by Crippen LogP contribution is 2.35. The number of hydrogen-bond acceptors (Lipinski definition) is 3. The van der Waals surface area contributed by atoms with Crippen LogP contribution in [0.5, 0.6) is 5.75 Å². The molecule has 0 bridgehead atoms. The Labute approximate surface area is 187 Å². The highest BCUT2D eigenvalue weighted by molar-refractivity contribution is 6.39. The first kappa shape index (κ1) is 21.9. The molecule has 0 radical (unpaired) electrons. The Kier molecular flexibility index (Phi) is 5.70. The average molecular weight is 484 g/mol. The first-order valence-electron chi connectivity index (χ1n) is 8.91. The molecule has 0 aliphatic heterocycles. The van der Waals surface area contributed by atoms with E-state index in [9.17, 15) is 22.4 Å². The van der Waals surface area contributed by atoms with E-state index in [0.29, 0.717) is 44.6 Å². The van der Waals surface area contributed by atoms with Gasteiger partial charge in [0.15, 0.2) is 0 Å². The number of aromatic nitrogens is 2. The third kappa shape index (κ3) is 4.49. The fourth-order valence-electron chi connectivity index (χ4n) is 2.97. The van der Waals surface area contributed by atoms with E-state index in [1.165, 1.54) is 12.1 Å². The van der Waals surface area contributed by atoms with Crippen molar-refractivity contribution in [3.63, 3.8) is 0 Å². The molecule has 11 heteroatoms. The molecule has 164 valence electrons. The minimum Gasteiger partial charge on any atom is -0.410 e. The standard InChI is InChI=1S/C21H11Cl2F4N3O2/c22-13-2-1-3-14(23)18(13)19-29-16-7-5-11(9-17(16)30-19)32-20(31)28-10-4-6-15(24)12(8-10)21(25,26)27/h1-9H,(H,28,31)(H,29,30). The van der Waals surface area contributed by atoms with Crippen LogP contribution in [0.4, 0.5) is 28.0 Å². The first-order chi connectivity index (χ1) is 15.1. The van der Waals surface area contributed by atoms with Gasteiger partial charge in [-0.3, -0.25) is 5.32 Å². The van der Waals surface area contributed by atoms with Crippen LogP contribution < -0.4 is 10.1 Å². The summed E-state index contributed by atoms with van der Waals surface area (Å²) in [5.74, 6) is -0.952. The lowest BCUT2D eigenvalue weighted by Gasteiger charge is -2.11.